The summed E-state index contributed by atoms with van der Waals surface area (Å²) in [6.07, 6.45) is 6.10. The van der Waals surface area contributed by atoms with E-state index in [1.807, 2.05) is 0 Å². The van der Waals surface area contributed by atoms with Gasteiger partial charge in [-0.05, 0) is 37.0 Å². The summed E-state index contributed by atoms with van der Waals surface area (Å²) in [6.45, 7) is 1.55. The van der Waals surface area contributed by atoms with Crippen molar-refractivity contribution >= 4 is 57.6 Å². The summed E-state index contributed by atoms with van der Waals surface area (Å²) in [7, 11) is 0. The number of amides is 1. The summed E-state index contributed by atoms with van der Waals surface area (Å²) in [5, 5.41) is 4.98. The molecule has 35 heavy (non-hydrogen) atoms. The second-order valence-corrected chi connectivity index (χ2v) is 9.63. The second-order valence-electron chi connectivity index (χ2n) is 8.38. The van der Waals surface area contributed by atoms with Gasteiger partial charge < -0.3 is 15.2 Å². The number of H-pyrrole nitrogens is 1. The summed E-state index contributed by atoms with van der Waals surface area (Å²) < 4.78 is 14.5. The van der Waals surface area contributed by atoms with E-state index in [2.05, 4.69) is 25.3 Å². The van der Waals surface area contributed by atoms with Crippen LogP contribution in [0, 0.1) is 11.7 Å². The van der Waals surface area contributed by atoms with E-state index in [1.54, 1.807) is 41.6 Å². The molecular weight excluding hydrogens is 514 g/mol. The molecule has 0 saturated carbocycles. The monoisotopic (exact) mass is 532 g/mol. The number of rotatable bonds is 5. The Bertz CT molecular complexity index is 1390. The van der Waals surface area contributed by atoms with Gasteiger partial charge in [0.2, 0.25) is 0 Å². The molecule has 11 heteroatoms. The van der Waals surface area contributed by atoms with Crippen molar-refractivity contribution < 1.29 is 9.18 Å². The fourth-order valence-electron chi connectivity index (χ4n) is 4.30. The molecule has 2 N–H and O–H groups in total. The van der Waals surface area contributed by atoms with Crippen LogP contribution in [0.25, 0.3) is 22.4 Å². The van der Waals surface area contributed by atoms with E-state index in [1.165, 1.54) is 0 Å². The molecule has 0 radical (unpaired) electrons. The first-order valence-electron chi connectivity index (χ1n) is 11.0. The van der Waals surface area contributed by atoms with Crippen LogP contribution in [0.3, 0.4) is 0 Å². The van der Waals surface area contributed by atoms with Crippen molar-refractivity contribution in [3.8, 4) is 11.4 Å². The number of carbonyl (C=O) groups excluding carboxylic acids is 1. The molecule has 180 valence electrons. The van der Waals surface area contributed by atoms with Crippen LogP contribution in [-0.4, -0.2) is 50.4 Å². The van der Waals surface area contributed by atoms with Gasteiger partial charge in [-0.2, -0.15) is 0 Å². The molecule has 1 fully saturated rings. The number of benzene rings is 1. The third-order valence-electron chi connectivity index (χ3n) is 6.02. The summed E-state index contributed by atoms with van der Waals surface area (Å²) in [5.41, 5.74) is 1.62. The normalized spacial score (nSPS) is 16.0. The Morgan fingerprint density at radius 2 is 2.00 bits per heavy atom. The van der Waals surface area contributed by atoms with Gasteiger partial charge in [0.1, 0.15) is 5.65 Å². The van der Waals surface area contributed by atoms with Crippen LogP contribution >= 0.6 is 34.8 Å². The molecular formula is C24H20Cl3FN6O. The molecule has 4 heterocycles. The number of carbonyl (C=O) groups is 1. The number of pyridine rings is 1. The van der Waals surface area contributed by atoms with Crippen molar-refractivity contribution in [2.45, 2.75) is 12.8 Å². The average molecular weight is 534 g/mol. The van der Waals surface area contributed by atoms with Gasteiger partial charge in [-0.1, -0.05) is 40.9 Å². The lowest BCUT2D eigenvalue weighted by Gasteiger charge is -2.33. The first kappa shape index (κ1) is 23.8. The number of piperidine rings is 1. The number of nitrogens with zero attached hydrogens (tertiary/aromatic N) is 4. The summed E-state index contributed by atoms with van der Waals surface area (Å²) in [4.78, 5) is 30.6. The van der Waals surface area contributed by atoms with E-state index in [0.717, 1.165) is 24.4 Å². The van der Waals surface area contributed by atoms with Gasteiger partial charge >= 0.3 is 0 Å². The van der Waals surface area contributed by atoms with E-state index in [4.69, 9.17) is 34.8 Å². The number of halogens is 4. The van der Waals surface area contributed by atoms with Crippen LogP contribution in [0.15, 0.2) is 42.9 Å². The fourth-order valence-corrected chi connectivity index (χ4v) is 5.02. The highest BCUT2D eigenvalue weighted by molar-refractivity contribution is 6.39. The molecule has 1 aliphatic heterocycles. The molecule has 1 atom stereocenters. The molecule has 0 unspecified atom stereocenters. The lowest BCUT2D eigenvalue weighted by Crippen LogP contribution is -2.42. The number of nitrogens with one attached hydrogen (secondary N) is 2. The lowest BCUT2D eigenvalue weighted by atomic mass is 9.97. The standard InChI is InChI=1S/C24H20Cl3FN6O/c25-14-7-15-16(10-31-21(15)30-9-14)22-32-11-19(28)23(33-22)29-8-13-3-2-6-34(12-13)24(35)20-17(26)4-1-5-18(20)27/h1,4-5,7,9-11,13H,2-3,6,8,12H2,(H,30,31)(H,29,32,33)/t13-/m0/s1. The third-order valence-corrected chi connectivity index (χ3v) is 6.86. The Morgan fingerprint density at radius 3 is 2.80 bits per heavy atom. The van der Waals surface area contributed by atoms with E-state index in [-0.39, 0.29) is 17.6 Å². The highest BCUT2D eigenvalue weighted by Gasteiger charge is 2.27. The zero-order chi connectivity index (χ0) is 24.5. The Hall–Kier alpha value is -2.94. The average Bonchev–Trinajstić information content (AvgIpc) is 3.26. The van der Waals surface area contributed by atoms with Crippen LogP contribution in [0.1, 0.15) is 23.2 Å². The maximum atomic E-state index is 14.5. The van der Waals surface area contributed by atoms with E-state index < -0.39 is 5.82 Å². The van der Waals surface area contributed by atoms with Gasteiger partial charge in [-0.3, -0.25) is 4.79 Å². The van der Waals surface area contributed by atoms with E-state index >= 15 is 0 Å². The largest absolute Gasteiger partial charge is 0.367 e. The molecule has 1 amide bonds. The molecule has 4 aromatic rings. The summed E-state index contributed by atoms with van der Waals surface area (Å²) >= 11 is 18.5. The Morgan fingerprint density at radius 1 is 1.20 bits per heavy atom. The number of hydrogen-bond donors (Lipinski definition) is 2. The van der Waals surface area contributed by atoms with Gasteiger partial charge in [0.15, 0.2) is 17.5 Å². The molecule has 7 nitrogen and oxygen atoms in total. The number of aromatic nitrogens is 4. The first-order chi connectivity index (χ1) is 16.9. The van der Waals surface area contributed by atoms with Crippen LogP contribution < -0.4 is 5.32 Å². The van der Waals surface area contributed by atoms with Gasteiger partial charge in [-0.25, -0.2) is 19.3 Å². The maximum Gasteiger partial charge on any atom is 0.256 e. The van der Waals surface area contributed by atoms with Crippen LogP contribution in [0.2, 0.25) is 15.1 Å². The number of hydrogen-bond acceptors (Lipinski definition) is 5. The topological polar surface area (TPSA) is 86.8 Å². The Kier molecular flexibility index (Phi) is 6.77. The minimum absolute atomic E-state index is 0.0944. The maximum absolute atomic E-state index is 14.5. The minimum Gasteiger partial charge on any atom is -0.367 e. The highest BCUT2D eigenvalue weighted by Crippen LogP contribution is 2.30. The fraction of sp³-hybridized carbons (Fsp3) is 0.250. The lowest BCUT2D eigenvalue weighted by molar-refractivity contribution is 0.0680. The van der Waals surface area contributed by atoms with Crippen LogP contribution in [0.4, 0.5) is 10.2 Å². The number of likely N-dealkylation sites (tertiary alicyclic amines) is 1. The van der Waals surface area contributed by atoms with Gasteiger partial charge in [0, 0.05) is 43.0 Å². The highest BCUT2D eigenvalue weighted by atomic mass is 35.5. The zero-order valence-electron chi connectivity index (χ0n) is 18.4. The molecule has 5 rings (SSSR count). The van der Waals surface area contributed by atoms with Crippen molar-refractivity contribution in [2.24, 2.45) is 5.92 Å². The SMILES string of the molecule is O=C(c1c(Cl)cccc1Cl)N1CCC[C@@H](CNc2nc(-c3c[nH]c4ncc(Cl)cc34)ncc2F)C1. The second kappa shape index (κ2) is 9.97. The third kappa shape index (κ3) is 4.91. The van der Waals surface area contributed by atoms with Crippen molar-refractivity contribution in [1.29, 1.82) is 0 Å². The van der Waals surface area contributed by atoms with Crippen molar-refractivity contribution in [3.63, 3.8) is 0 Å². The molecule has 0 bridgehead atoms. The summed E-state index contributed by atoms with van der Waals surface area (Å²) in [6, 6.07) is 6.76. The van der Waals surface area contributed by atoms with Crippen molar-refractivity contribution in [3.05, 3.63) is 69.3 Å². The minimum atomic E-state index is -0.559. The van der Waals surface area contributed by atoms with E-state index in [9.17, 15) is 9.18 Å². The molecule has 1 saturated heterocycles. The predicted molar refractivity (Wildman–Crippen MR) is 136 cm³/mol. The quantitative estimate of drug-likeness (QED) is 0.324. The van der Waals surface area contributed by atoms with Crippen molar-refractivity contribution in [2.75, 3.05) is 25.0 Å². The number of anilines is 1. The number of aromatic amines is 1. The van der Waals surface area contributed by atoms with Crippen LogP contribution in [0.5, 0.6) is 0 Å². The molecule has 0 aliphatic carbocycles. The molecule has 0 spiro atoms. The molecule has 3 aromatic heterocycles. The van der Waals surface area contributed by atoms with Crippen molar-refractivity contribution in [1.82, 2.24) is 24.8 Å². The van der Waals surface area contributed by atoms with Gasteiger partial charge in [0.05, 0.1) is 26.8 Å². The van der Waals surface area contributed by atoms with Crippen LogP contribution in [-0.2, 0) is 0 Å². The number of fused-ring (bicyclic) bond motifs is 1. The van der Waals surface area contributed by atoms with E-state index in [0.29, 0.717) is 57.3 Å². The molecule has 1 aromatic carbocycles. The Balaban J connectivity index is 1.30. The molecule has 1 aliphatic rings. The smallest absolute Gasteiger partial charge is 0.256 e. The first-order valence-corrected chi connectivity index (χ1v) is 12.2. The van der Waals surface area contributed by atoms with Gasteiger partial charge in [-0.15, -0.1) is 0 Å². The zero-order valence-corrected chi connectivity index (χ0v) is 20.6. The Labute approximate surface area is 215 Å². The van der Waals surface area contributed by atoms with Gasteiger partial charge in [0.25, 0.3) is 5.91 Å². The predicted octanol–water partition coefficient (Wildman–Crippen LogP) is 6.08. The summed E-state index contributed by atoms with van der Waals surface area (Å²) in [5.74, 6) is -0.221.